The molecule has 0 radical (unpaired) electrons. The second-order valence-electron chi connectivity index (χ2n) is 4.58. The number of nitrogens with one attached hydrogen (secondary N) is 1. The lowest BCUT2D eigenvalue weighted by molar-refractivity contribution is 0.419. The molecule has 1 aromatic carbocycles. The molecule has 0 saturated carbocycles. The molecule has 0 amide bonds. The fraction of sp³-hybridized carbons (Fsp3) is 0.400. The molecule has 1 N–H and O–H groups in total. The quantitative estimate of drug-likeness (QED) is 0.910. The van der Waals surface area contributed by atoms with E-state index >= 15 is 0 Å². The van der Waals surface area contributed by atoms with E-state index < -0.39 is 0 Å². The van der Waals surface area contributed by atoms with Crippen molar-refractivity contribution in [2.75, 3.05) is 19.5 Å². The number of hydrogen-bond acceptors (Lipinski definition) is 3. The fourth-order valence-corrected chi connectivity index (χ4v) is 2.48. The molecule has 0 saturated heterocycles. The van der Waals surface area contributed by atoms with Gasteiger partial charge in [0.15, 0.2) is 0 Å². The van der Waals surface area contributed by atoms with Crippen LogP contribution in [0.4, 0.5) is 5.82 Å². The lowest BCUT2D eigenvalue weighted by atomic mass is 10.0. The van der Waals surface area contributed by atoms with Crippen molar-refractivity contribution in [3.05, 3.63) is 28.3 Å². The van der Waals surface area contributed by atoms with Crippen molar-refractivity contribution in [1.29, 1.82) is 0 Å². The van der Waals surface area contributed by atoms with Crippen molar-refractivity contribution in [3.63, 3.8) is 0 Å². The Morgan fingerprint density at radius 2 is 2.11 bits per heavy atom. The summed E-state index contributed by atoms with van der Waals surface area (Å²) in [6.45, 7) is 4.18. The Morgan fingerprint density at radius 3 is 2.68 bits per heavy atom. The normalized spacial score (nSPS) is 10.8. The second kappa shape index (κ2) is 5.66. The van der Waals surface area contributed by atoms with Crippen LogP contribution in [0.3, 0.4) is 0 Å². The molecular formula is C15H19ClN2O. The number of benzene rings is 1. The lowest BCUT2D eigenvalue weighted by Gasteiger charge is -2.14. The van der Waals surface area contributed by atoms with Crippen LogP contribution >= 0.6 is 11.6 Å². The van der Waals surface area contributed by atoms with Gasteiger partial charge >= 0.3 is 0 Å². The molecule has 1 heterocycles. The van der Waals surface area contributed by atoms with Crippen LogP contribution in [0.5, 0.6) is 5.75 Å². The maximum Gasteiger partial charge on any atom is 0.146 e. The predicted octanol–water partition coefficient (Wildman–Crippen LogP) is 4.20. The highest BCUT2D eigenvalue weighted by Gasteiger charge is 2.13. The molecule has 3 nitrogen and oxygen atoms in total. The van der Waals surface area contributed by atoms with E-state index in [0.29, 0.717) is 10.8 Å². The zero-order chi connectivity index (χ0) is 14.0. The van der Waals surface area contributed by atoms with Crippen molar-refractivity contribution < 1.29 is 4.74 Å². The van der Waals surface area contributed by atoms with Gasteiger partial charge in [-0.15, -0.1) is 0 Å². The first-order valence-corrected chi connectivity index (χ1v) is 6.84. The fourth-order valence-electron chi connectivity index (χ4n) is 2.28. The van der Waals surface area contributed by atoms with E-state index in [-0.39, 0.29) is 0 Å². The van der Waals surface area contributed by atoms with Gasteiger partial charge in [0.05, 0.1) is 7.11 Å². The number of methoxy groups -OCH3 is 1. The number of hydrogen-bond donors (Lipinski definition) is 1. The summed E-state index contributed by atoms with van der Waals surface area (Å²) in [4.78, 5) is 4.69. The molecule has 102 valence electrons. The average Bonchev–Trinajstić information content (AvgIpc) is 2.42. The van der Waals surface area contributed by atoms with Crippen molar-refractivity contribution in [3.8, 4) is 5.75 Å². The summed E-state index contributed by atoms with van der Waals surface area (Å²) < 4.78 is 5.39. The Morgan fingerprint density at radius 1 is 1.37 bits per heavy atom. The van der Waals surface area contributed by atoms with Crippen LogP contribution < -0.4 is 10.1 Å². The van der Waals surface area contributed by atoms with Crippen LogP contribution in [0.1, 0.15) is 24.5 Å². The maximum atomic E-state index is 6.25. The minimum absolute atomic E-state index is 0.713. The number of aryl methyl sites for hydroxylation is 2. The standard InChI is InChI=1S/C15H19ClN2O/c1-5-6-10-7-11-9(2)12(16)8-13(19-4)14(11)18-15(10)17-3/h7-8H,5-6H2,1-4H3,(H,17,18). The number of fused-ring (bicyclic) bond motifs is 1. The minimum Gasteiger partial charge on any atom is -0.494 e. The SMILES string of the molecule is CCCc1cc2c(C)c(Cl)cc(OC)c2nc1NC. The van der Waals surface area contributed by atoms with Crippen LogP contribution in [0.25, 0.3) is 10.9 Å². The van der Waals surface area contributed by atoms with Crippen molar-refractivity contribution in [2.24, 2.45) is 0 Å². The number of ether oxygens (including phenoxy) is 1. The molecule has 0 aliphatic carbocycles. The Bertz CT molecular complexity index is 611. The number of anilines is 1. The van der Waals surface area contributed by atoms with Gasteiger partial charge in [0, 0.05) is 23.5 Å². The summed E-state index contributed by atoms with van der Waals surface area (Å²) >= 11 is 6.25. The first-order chi connectivity index (χ1) is 9.12. The van der Waals surface area contributed by atoms with Gasteiger partial charge in [0.1, 0.15) is 17.1 Å². The molecule has 0 aliphatic rings. The molecule has 0 atom stereocenters. The van der Waals surface area contributed by atoms with E-state index in [9.17, 15) is 0 Å². The van der Waals surface area contributed by atoms with E-state index in [0.717, 1.165) is 35.1 Å². The van der Waals surface area contributed by atoms with Crippen LogP contribution in [-0.4, -0.2) is 19.1 Å². The number of rotatable bonds is 4. The monoisotopic (exact) mass is 278 g/mol. The third-order valence-corrected chi connectivity index (χ3v) is 3.72. The largest absolute Gasteiger partial charge is 0.494 e. The molecule has 1 aromatic heterocycles. The zero-order valence-electron chi connectivity index (χ0n) is 11.8. The Balaban J connectivity index is 2.79. The summed E-state index contributed by atoms with van der Waals surface area (Å²) in [6, 6.07) is 3.99. The highest BCUT2D eigenvalue weighted by molar-refractivity contribution is 6.32. The Kier molecular flexibility index (Phi) is 4.15. The molecule has 19 heavy (non-hydrogen) atoms. The van der Waals surface area contributed by atoms with E-state index in [2.05, 4.69) is 18.3 Å². The zero-order valence-corrected chi connectivity index (χ0v) is 12.6. The number of nitrogens with zero attached hydrogens (tertiary/aromatic N) is 1. The van der Waals surface area contributed by atoms with Gasteiger partial charge in [-0.25, -0.2) is 4.98 Å². The second-order valence-corrected chi connectivity index (χ2v) is 4.99. The van der Waals surface area contributed by atoms with E-state index in [1.165, 1.54) is 5.56 Å². The topological polar surface area (TPSA) is 34.1 Å². The molecule has 2 rings (SSSR count). The summed E-state index contributed by atoms with van der Waals surface area (Å²) in [5.74, 6) is 1.62. The van der Waals surface area contributed by atoms with E-state index in [1.54, 1.807) is 7.11 Å². The first-order valence-electron chi connectivity index (χ1n) is 6.46. The summed E-state index contributed by atoms with van der Waals surface area (Å²) in [7, 11) is 3.53. The maximum absolute atomic E-state index is 6.25. The third-order valence-electron chi connectivity index (χ3n) is 3.33. The van der Waals surface area contributed by atoms with Gasteiger partial charge in [-0.1, -0.05) is 24.9 Å². The van der Waals surface area contributed by atoms with Gasteiger partial charge < -0.3 is 10.1 Å². The summed E-state index contributed by atoms with van der Waals surface area (Å²) in [5, 5.41) is 4.93. The molecular weight excluding hydrogens is 260 g/mol. The van der Waals surface area contributed by atoms with E-state index in [4.69, 9.17) is 21.3 Å². The van der Waals surface area contributed by atoms with Gasteiger partial charge in [0.25, 0.3) is 0 Å². The van der Waals surface area contributed by atoms with Crippen LogP contribution in [0.15, 0.2) is 12.1 Å². The third kappa shape index (κ3) is 2.47. The molecule has 0 spiro atoms. The van der Waals surface area contributed by atoms with Gasteiger partial charge in [-0.2, -0.15) is 0 Å². The molecule has 2 aromatic rings. The summed E-state index contributed by atoms with van der Waals surface area (Å²) in [6.07, 6.45) is 2.08. The van der Waals surface area contributed by atoms with Gasteiger partial charge in [0.2, 0.25) is 0 Å². The molecule has 0 unspecified atom stereocenters. The van der Waals surface area contributed by atoms with Gasteiger partial charge in [-0.3, -0.25) is 0 Å². The van der Waals surface area contributed by atoms with Crippen LogP contribution in [-0.2, 0) is 6.42 Å². The van der Waals surface area contributed by atoms with Crippen molar-refractivity contribution in [2.45, 2.75) is 26.7 Å². The first kappa shape index (κ1) is 13.9. The van der Waals surface area contributed by atoms with Crippen LogP contribution in [0, 0.1) is 6.92 Å². The Labute approximate surface area is 118 Å². The Hall–Kier alpha value is -1.48. The lowest BCUT2D eigenvalue weighted by Crippen LogP contribution is -2.01. The predicted molar refractivity (Wildman–Crippen MR) is 81.6 cm³/mol. The smallest absolute Gasteiger partial charge is 0.146 e. The highest BCUT2D eigenvalue weighted by atomic mass is 35.5. The van der Waals surface area contributed by atoms with Crippen LogP contribution in [0.2, 0.25) is 5.02 Å². The molecule has 0 fully saturated rings. The van der Waals surface area contributed by atoms with Crippen molar-refractivity contribution in [1.82, 2.24) is 4.98 Å². The highest BCUT2D eigenvalue weighted by Crippen LogP contribution is 2.34. The minimum atomic E-state index is 0.713. The summed E-state index contributed by atoms with van der Waals surface area (Å²) in [5.41, 5.74) is 3.11. The average molecular weight is 279 g/mol. The van der Waals surface area contributed by atoms with Gasteiger partial charge in [-0.05, 0) is 30.5 Å². The molecule has 4 heteroatoms. The number of halogens is 1. The number of aromatic nitrogens is 1. The molecule has 0 aliphatic heterocycles. The van der Waals surface area contributed by atoms with E-state index in [1.807, 2.05) is 20.0 Å². The van der Waals surface area contributed by atoms with Crippen molar-refractivity contribution >= 4 is 28.3 Å². The number of pyridine rings is 1. The molecule has 0 bridgehead atoms.